The standard InChI is InChI=1S/C21H21FN8O5/c1-21(2,3)35-20(33)26-13(7-18(31)32)11-30-28-19(27-29-30)12-4-5-16(15(22)6-12)34-14-9-24-17(8-23)25-10-14/h4-6,9-10,13H,7,11H2,1-3H3,(H,26,33)(H,31,32). The molecule has 1 amide bonds. The predicted molar refractivity (Wildman–Crippen MR) is 115 cm³/mol. The number of tetrazole rings is 1. The molecule has 3 rings (SSSR count). The van der Waals surface area contributed by atoms with Crippen LogP contribution < -0.4 is 10.1 Å². The topological polar surface area (TPSA) is 178 Å². The van der Waals surface area contributed by atoms with E-state index in [0.29, 0.717) is 0 Å². The molecule has 13 nitrogen and oxygen atoms in total. The summed E-state index contributed by atoms with van der Waals surface area (Å²) in [7, 11) is 0. The van der Waals surface area contributed by atoms with Crippen LogP contribution in [0.15, 0.2) is 30.6 Å². The summed E-state index contributed by atoms with van der Waals surface area (Å²) in [6.07, 6.45) is 1.29. The maximum atomic E-state index is 14.6. The van der Waals surface area contributed by atoms with Crippen LogP contribution in [0, 0.1) is 17.1 Å². The molecular weight excluding hydrogens is 463 g/mol. The number of hydrogen-bond acceptors (Lipinski definition) is 10. The lowest BCUT2D eigenvalue weighted by Gasteiger charge is -2.22. The van der Waals surface area contributed by atoms with Gasteiger partial charge in [-0.05, 0) is 44.2 Å². The van der Waals surface area contributed by atoms with Crippen molar-refractivity contribution in [3.63, 3.8) is 0 Å². The smallest absolute Gasteiger partial charge is 0.407 e. The van der Waals surface area contributed by atoms with Gasteiger partial charge in [-0.15, -0.1) is 10.2 Å². The first-order valence-electron chi connectivity index (χ1n) is 10.2. The van der Waals surface area contributed by atoms with Gasteiger partial charge in [-0.25, -0.2) is 19.2 Å². The van der Waals surface area contributed by atoms with Crippen molar-refractivity contribution >= 4 is 12.1 Å². The number of aromatic nitrogens is 6. The molecule has 182 valence electrons. The number of hydrogen-bond donors (Lipinski definition) is 2. The number of amides is 1. The van der Waals surface area contributed by atoms with Gasteiger partial charge in [0.05, 0.1) is 31.4 Å². The Labute approximate surface area is 198 Å². The summed E-state index contributed by atoms with van der Waals surface area (Å²) in [5.74, 6) is -1.81. The molecule has 2 aromatic heterocycles. The molecule has 0 aliphatic heterocycles. The summed E-state index contributed by atoms with van der Waals surface area (Å²) in [6, 6.07) is 4.86. The van der Waals surface area contributed by atoms with E-state index >= 15 is 0 Å². The molecule has 0 radical (unpaired) electrons. The van der Waals surface area contributed by atoms with Crippen LogP contribution in [0.3, 0.4) is 0 Å². The van der Waals surface area contributed by atoms with Crippen LogP contribution in [0.1, 0.15) is 33.0 Å². The number of carboxylic acid groups (broad SMARTS) is 1. The Morgan fingerprint density at radius 3 is 2.60 bits per heavy atom. The van der Waals surface area contributed by atoms with Crippen LogP contribution in [0.4, 0.5) is 9.18 Å². The molecule has 14 heteroatoms. The van der Waals surface area contributed by atoms with E-state index in [1.54, 1.807) is 26.8 Å². The number of alkyl carbamates (subject to hydrolysis) is 1. The second-order valence-electron chi connectivity index (χ2n) is 8.21. The van der Waals surface area contributed by atoms with E-state index in [0.717, 1.165) is 10.9 Å². The molecule has 1 atom stereocenters. The number of carbonyl (C=O) groups is 2. The molecule has 2 heterocycles. The van der Waals surface area contributed by atoms with E-state index in [1.165, 1.54) is 24.5 Å². The number of carboxylic acids is 1. The summed E-state index contributed by atoms with van der Waals surface area (Å²) < 4.78 is 25.1. The number of nitrogens with zero attached hydrogens (tertiary/aromatic N) is 7. The van der Waals surface area contributed by atoms with Crippen LogP contribution in [0.5, 0.6) is 11.5 Å². The lowest BCUT2D eigenvalue weighted by atomic mass is 10.2. The zero-order chi connectivity index (χ0) is 25.6. The third-order valence-corrected chi connectivity index (χ3v) is 4.12. The van der Waals surface area contributed by atoms with Crippen LogP contribution in [0.2, 0.25) is 0 Å². The second-order valence-corrected chi connectivity index (χ2v) is 8.21. The Kier molecular flexibility index (Phi) is 7.49. The maximum Gasteiger partial charge on any atom is 0.407 e. The van der Waals surface area contributed by atoms with Gasteiger partial charge in [-0.2, -0.15) is 10.1 Å². The minimum Gasteiger partial charge on any atom is -0.481 e. The zero-order valence-corrected chi connectivity index (χ0v) is 19.0. The van der Waals surface area contributed by atoms with Crippen LogP contribution in [-0.4, -0.2) is 59.0 Å². The van der Waals surface area contributed by atoms with Gasteiger partial charge in [0.15, 0.2) is 17.3 Å². The quantitative estimate of drug-likeness (QED) is 0.479. The van der Waals surface area contributed by atoms with Crippen molar-refractivity contribution in [1.82, 2.24) is 35.5 Å². The zero-order valence-electron chi connectivity index (χ0n) is 19.0. The highest BCUT2D eigenvalue weighted by molar-refractivity contribution is 5.71. The summed E-state index contributed by atoms with van der Waals surface area (Å²) in [6.45, 7) is 4.92. The molecule has 0 aliphatic rings. The number of aliphatic carboxylic acids is 1. The first-order valence-corrected chi connectivity index (χ1v) is 10.2. The van der Waals surface area contributed by atoms with E-state index in [1.807, 2.05) is 0 Å². The molecular formula is C21H21FN8O5. The van der Waals surface area contributed by atoms with E-state index in [4.69, 9.17) is 19.8 Å². The highest BCUT2D eigenvalue weighted by Gasteiger charge is 2.23. The van der Waals surface area contributed by atoms with Gasteiger partial charge in [0.25, 0.3) is 0 Å². The molecule has 0 saturated carbocycles. The number of rotatable bonds is 8. The predicted octanol–water partition coefficient (Wildman–Crippen LogP) is 2.30. The average Bonchev–Trinajstić information content (AvgIpc) is 3.22. The van der Waals surface area contributed by atoms with Crippen molar-refractivity contribution in [2.24, 2.45) is 0 Å². The number of benzene rings is 1. The summed E-state index contributed by atoms with van der Waals surface area (Å²) >= 11 is 0. The monoisotopic (exact) mass is 484 g/mol. The number of carbonyl (C=O) groups excluding carboxylic acids is 1. The van der Waals surface area contributed by atoms with Crippen LogP contribution >= 0.6 is 0 Å². The molecule has 2 N–H and O–H groups in total. The fourth-order valence-corrected chi connectivity index (χ4v) is 2.76. The Morgan fingerprint density at radius 1 is 1.29 bits per heavy atom. The van der Waals surface area contributed by atoms with E-state index < -0.39 is 35.9 Å². The van der Waals surface area contributed by atoms with Crippen LogP contribution in [-0.2, 0) is 16.1 Å². The summed E-state index contributed by atoms with van der Waals surface area (Å²) in [4.78, 5) is 31.8. The van der Waals surface area contributed by atoms with Gasteiger partial charge >= 0.3 is 12.1 Å². The van der Waals surface area contributed by atoms with Gasteiger partial charge in [0.1, 0.15) is 11.7 Å². The van der Waals surface area contributed by atoms with E-state index in [-0.39, 0.29) is 35.3 Å². The summed E-state index contributed by atoms with van der Waals surface area (Å²) in [5.41, 5.74) is -0.476. The molecule has 0 fully saturated rings. The fourth-order valence-electron chi connectivity index (χ4n) is 2.76. The highest BCUT2D eigenvalue weighted by atomic mass is 19.1. The normalized spacial score (nSPS) is 11.9. The number of nitrogens with one attached hydrogen (secondary N) is 1. The lowest BCUT2D eigenvalue weighted by Crippen LogP contribution is -2.42. The number of nitriles is 1. The van der Waals surface area contributed by atoms with Gasteiger partial charge in [0.2, 0.25) is 11.6 Å². The maximum absolute atomic E-state index is 14.6. The summed E-state index contributed by atoms with van der Waals surface area (Å²) in [5, 5.41) is 32.2. The van der Waals surface area contributed by atoms with Crippen molar-refractivity contribution in [2.75, 3.05) is 0 Å². The molecule has 1 unspecified atom stereocenters. The van der Waals surface area contributed by atoms with E-state index in [2.05, 4.69) is 30.7 Å². The number of halogens is 1. The SMILES string of the molecule is CC(C)(C)OC(=O)NC(CC(=O)O)Cn1nnc(-c2ccc(Oc3cnc(C#N)nc3)c(F)c2)n1. The van der Waals surface area contributed by atoms with Gasteiger partial charge in [-0.3, -0.25) is 4.79 Å². The Bertz CT molecular complexity index is 1250. The average molecular weight is 484 g/mol. The van der Waals surface area contributed by atoms with Gasteiger partial charge < -0.3 is 19.9 Å². The first kappa shape index (κ1) is 25.0. The van der Waals surface area contributed by atoms with Gasteiger partial charge in [0, 0.05) is 5.56 Å². The highest BCUT2D eigenvalue weighted by Crippen LogP contribution is 2.27. The third-order valence-electron chi connectivity index (χ3n) is 4.12. The largest absolute Gasteiger partial charge is 0.481 e. The van der Waals surface area contributed by atoms with Crippen molar-refractivity contribution < 1.29 is 28.6 Å². The molecule has 0 bridgehead atoms. The Morgan fingerprint density at radius 2 is 2.00 bits per heavy atom. The van der Waals surface area contributed by atoms with E-state index in [9.17, 15) is 14.0 Å². The molecule has 0 aliphatic carbocycles. The fraction of sp³-hybridized carbons (Fsp3) is 0.333. The Hall–Kier alpha value is -4.67. The molecule has 0 spiro atoms. The van der Waals surface area contributed by atoms with Crippen molar-refractivity contribution in [1.29, 1.82) is 5.26 Å². The number of ether oxygens (including phenoxy) is 2. The molecule has 35 heavy (non-hydrogen) atoms. The molecule has 1 aromatic carbocycles. The first-order chi connectivity index (χ1) is 16.5. The second kappa shape index (κ2) is 10.5. The van der Waals surface area contributed by atoms with Crippen molar-refractivity contribution in [3.05, 3.63) is 42.2 Å². The third kappa shape index (κ3) is 7.42. The minimum absolute atomic E-state index is 0.0470. The van der Waals surface area contributed by atoms with Crippen LogP contribution in [0.25, 0.3) is 11.4 Å². The van der Waals surface area contributed by atoms with Gasteiger partial charge in [-0.1, -0.05) is 0 Å². The lowest BCUT2D eigenvalue weighted by molar-refractivity contribution is -0.137. The van der Waals surface area contributed by atoms with Crippen molar-refractivity contribution in [3.8, 4) is 29.0 Å². The molecule has 3 aromatic rings. The minimum atomic E-state index is -1.14. The molecule has 0 saturated heterocycles. The van der Waals surface area contributed by atoms with Crippen molar-refractivity contribution in [2.45, 2.75) is 45.4 Å². The Balaban J connectivity index is 1.70.